The molecular formula is C23H21N7O2S. The smallest absolute Gasteiger partial charge is 0.255 e. The van der Waals surface area contributed by atoms with E-state index in [1.807, 2.05) is 48.7 Å². The molecule has 0 fully saturated rings. The number of hydrogen-bond acceptors (Lipinski definition) is 6. The minimum absolute atomic E-state index is 0.0811. The van der Waals surface area contributed by atoms with E-state index in [1.54, 1.807) is 23.9 Å². The number of aryl methyl sites for hydroxylation is 1. The summed E-state index contributed by atoms with van der Waals surface area (Å²) in [6, 6.07) is 13.3. The first-order chi connectivity index (χ1) is 16.0. The van der Waals surface area contributed by atoms with Gasteiger partial charge in [-0.15, -0.1) is 11.3 Å². The van der Waals surface area contributed by atoms with Crippen molar-refractivity contribution in [2.24, 2.45) is 0 Å². The maximum absolute atomic E-state index is 12.9. The van der Waals surface area contributed by atoms with Crippen molar-refractivity contribution in [1.29, 1.82) is 0 Å². The molecule has 0 aliphatic rings. The van der Waals surface area contributed by atoms with Crippen molar-refractivity contribution in [3.63, 3.8) is 0 Å². The number of fused-ring (bicyclic) bond motifs is 1. The molecule has 10 heteroatoms. The summed E-state index contributed by atoms with van der Waals surface area (Å²) in [6.45, 7) is 3.79. The molecule has 5 rings (SSSR count). The van der Waals surface area contributed by atoms with Crippen LogP contribution in [0, 0.1) is 6.92 Å². The fraction of sp³-hybridized carbons (Fsp3) is 0.174. The highest BCUT2D eigenvalue weighted by atomic mass is 32.1. The number of rotatable bonds is 6. The molecule has 0 aliphatic heterocycles. The van der Waals surface area contributed by atoms with E-state index in [0.29, 0.717) is 29.2 Å². The fourth-order valence-electron chi connectivity index (χ4n) is 3.76. The van der Waals surface area contributed by atoms with E-state index in [0.717, 1.165) is 15.9 Å². The van der Waals surface area contributed by atoms with Crippen molar-refractivity contribution in [3.05, 3.63) is 75.8 Å². The Labute approximate surface area is 192 Å². The van der Waals surface area contributed by atoms with Crippen LogP contribution in [-0.4, -0.2) is 35.2 Å². The fourth-order valence-corrected chi connectivity index (χ4v) is 4.44. The van der Waals surface area contributed by atoms with Crippen LogP contribution in [0.15, 0.2) is 59.0 Å². The minimum atomic E-state index is -0.249. The third-order valence-corrected chi connectivity index (χ3v) is 6.25. The molecule has 0 atom stereocenters. The summed E-state index contributed by atoms with van der Waals surface area (Å²) in [5, 5.41) is 9.49. The van der Waals surface area contributed by atoms with E-state index in [4.69, 9.17) is 0 Å². The highest BCUT2D eigenvalue weighted by Gasteiger charge is 2.18. The molecule has 4 aromatic heterocycles. The number of hydrogen-bond donors (Lipinski definition) is 2. The number of carbonyl (C=O) groups excluding carboxylic acids is 1. The molecule has 33 heavy (non-hydrogen) atoms. The first-order valence-corrected chi connectivity index (χ1v) is 11.3. The van der Waals surface area contributed by atoms with Crippen LogP contribution in [0.2, 0.25) is 0 Å². The van der Waals surface area contributed by atoms with Crippen molar-refractivity contribution in [1.82, 2.24) is 29.3 Å². The highest BCUT2D eigenvalue weighted by molar-refractivity contribution is 7.13. The Balaban J connectivity index is 1.51. The molecule has 0 bridgehead atoms. The third kappa shape index (κ3) is 3.96. The molecule has 1 aromatic carbocycles. The second-order valence-corrected chi connectivity index (χ2v) is 8.47. The summed E-state index contributed by atoms with van der Waals surface area (Å²) >= 11 is 1.54. The normalized spacial score (nSPS) is 11.2. The van der Waals surface area contributed by atoms with Gasteiger partial charge in [-0.05, 0) is 36.9 Å². The van der Waals surface area contributed by atoms with E-state index < -0.39 is 0 Å². The number of thiophene rings is 1. The predicted molar refractivity (Wildman–Crippen MR) is 128 cm³/mol. The Morgan fingerprint density at radius 2 is 2.06 bits per heavy atom. The first kappa shape index (κ1) is 20.8. The Hall–Kier alpha value is -4.05. The number of imidazole rings is 1. The molecule has 1 amide bonds. The summed E-state index contributed by atoms with van der Waals surface area (Å²) in [5.74, 6) is 0.418. The summed E-state index contributed by atoms with van der Waals surface area (Å²) in [4.78, 5) is 38.1. The van der Waals surface area contributed by atoms with E-state index in [2.05, 4.69) is 25.4 Å². The largest absolute Gasteiger partial charge is 0.321 e. The van der Waals surface area contributed by atoms with Gasteiger partial charge in [0.25, 0.3) is 5.56 Å². The zero-order valence-corrected chi connectivity index (χ0v) is 18.9. The van der Waals surface area contributed by atoms with Gasteiger partial charge >= 0.3 is 0 Å². The predicted octanol–water partition coefficient (Wildman–Crippen LogP) is 3.54. The molecule has 0 unspecified atom stereocenters. The second-order valence-electron chi connectivity index (χ2n) is 7.52. The zero-order chi connectivity index (χ0) is 22.9. The van der Waals surface area contributed by atoms with Crippen molar-refractivity contribution in [2.75, 3.05) is 5.32 Å². The monoisotopic (exact) mass is 459 g/mol. The highest BCUT2D eigenvalue weighted by Crippen LogP contribution is 2.27. The van der Waals surface area contributed by atoms with Gasteiger partial charge in [-0.3, -0.25) is 14.6 Å². The van der Waals surface area contributed by atoms with Crippen LogP contribution in [0.25, 0.3) is 27.6 Å². The van der Waals surface area contributed by atoms with Crippen molar-refractivity contribution in [3.8, 4) is 16.5 Å². The van der Waals surface area contributed by atoms with Gasteiger partial charge in [0, 0.05) is 17.3 Å². The first-order valence-electron chi connectivity index (χ1n) is 10.5. The van der Waals surface area contributed by atoms with Gasteiger partial charge < -0.3 is 9.88 Å². The molecule has 9 nitrogen and oxygen atoms in total. The number of para-hydroxylation sites is 2. The lowest BCUT2D eigenvalue weighted by Crippen LogP contribution is -2.23. The van der Waals surface area contributed by atoms with Gasteiger partial charge in [-0.2, -0.15) is 9.78 Å². The Morgan fingerprint density at radius 3 is 2.82 bits per heavy atom. The van der Waals surface area contributed by atoms with Crippen LogP contribution in [0.4, 0.5) is 5.82 Å². The lowest BCUT2D eigenvalue weighted by atomic mass is 10.2. The second kappa shape index (κ2) is 8.47. The van der Waals surface area contributed by atoms with E-state index in [1.165, 1.54) is 16.0 Å². The molecule has 0 saturated heterocycles. The quantitative estimate of drug-likeness (QED) is 0.404. The maximum atomic E-state index is 12.9. The van der Waals surface area contributed by atoms with Gasteiger partial charge in [-0.1, -0.05) is 25.1 Å². The average Bonchev–Trinajstić information content (AvgIpc) is 3.54. The standard InChI is InChI=1S/C23H21N7O2S/c1-3-15-14(2)25-23(27-22(15)32)30-20(11-17(28-30)19-9-6-10-33-19)26-21(31)12-29-13-24-16-7-4-5-8-18(16)29/h4-11,13H,3,12H2,1-2H3,(H,26,31)(H,25,27,32). The van der Waals surface area contributed by atoms with Crippen LogP contribution in [-0.2, 0) is 17.8 Å². The lowest BCUT2D eigenvalue weighted by Gasteiger charge is -2.10. The van der Waals surface area contributed by atoms with Crippen molar-refractivity contribution in [2.45, 2.75) is 26.8 Å². The summed E-state index contributed by atoms with van der Waals surface area (Å²) < 4.78 is 3.25. The number of nitrogens with one attached hydrogen (secondary N) is 2. The van der Waals surface area contributed by atoms with Gasteiger partial charge in [0.1, 0.15) is 18.1 Å². The number of carbonyl (C=O) groups is 1. The number of nitrogens with zero attached hydrogens (tertiary/aromatic N) is 5. The molecule has 0 saturated carbocycles. The average molecular weight is 460 g/mol. The lowest BCUT2D eigenvalue weighted by molar-refractivity contribution is -0.116. The van der Waals surface area contributed by atoms with Crippen LogP contribution in [0.1, 0.15) is 18.2 Å². The molecule has 4 heterocycles. The molecule has 166 valence electrons. The molecule has 5 aromatic rings. The van der Waals surface area contributed by atoms with Gasteiger partial charge in [0.05, 0.1) is 22.2 Å². The van der Waals surface area contributed by atoms with Crippen LogP contribution in [0.5, 0.6) is 0 Å². The number of H-pyrrole nitrogens is 1. The van der Waals surface area contributed by atoms with Gasteiger partial charge in [0.2, 0.25) is 11.9 Å². The number of anilines is 1. The van der Waals surface area contributed by atoms with Crippen molar-refractivity contribution >= 4 is 34.1 Å². The third-order valence-electron chi connectivity index (χ3n) is 5.36. The zero-order valence-electron chi connectivity index (χ0n) is 18.1. The Morgan fingerprint density at radius 1 is 1.21 bits per heavy atom. The molecular weight excluding hydrogens is 438 g/mol. The van der Waals surface area contributed by atoms with Crippen LogP contribution < -0.4 is 10.9 Å². The molecule has 0 spiro atoms. The Bertz CT molecular complexity index is 1510. The summed E-state index contributed by atoms with van der Waals surface area (Å²) in [5.41, 5.74) is 3.41. The minimum Gasteiger partial charge on any atom is -0.321 e. The number of aromatic nitrogens is 6. The molecule has 0 radical (unpaired) electrons. The van der Waals surface area contributed by atoms with Crippen molar-refractivity contribution < 1.29 is 4.79 Å². The molecule has 2 N–H and O–H groups in total. The van der Waals surface area contributed by atoms with Gasteiger partial charge in [-0.25, -0.2) is 9.97 Å². The van der Waals surface area contributed by atoms with Gasteiger partial charge in [0.15, 0.2) is 0 Å². The molecule has 0 aliphatic carbocycles. The summed E-state index contributed by atoms with van der Waals surface area (Å²) in [6.07, 6.45) is 2.22. The number of benzene rings is 1. The number of amides is 1. The van der Waals surface area contributed by atoms with E-state index >= 15 is 0 Å². The topological polar surface area (TPSA) is 110 Å². The van der Waals surface area contributed by atoms with Crippen LogP contribution in [0.3, 0.4) is 0 Å². The van der Waals surface area contributed by atoms with E-state index in [-0.39, 0.29) is 24.0 Å². The SMILES string of the molecule is CCc1c(C)nc(-n2nc(-c3cccs3)cc2NC(=O)Cn2cnc3ccccc32)[nH]c1=O. The summed E-state index contributed by atoms with van der Waals surface area (Å²) in [7, 11) is 0. The number of aromatic amines is 1. The van der Waals surface area contributed by atoms with E-state index in [9.17, 15) is 9.59 Å². The Kier molecular flexibility index (Phi) is 5.35. The van der Waals surface area contributed by atoms with Crippen LogP contribution >= 0.6 is 11.3 Å². The maximum Gasteiger partial charge on any atom is 0.255 e.